The van der Waals surface area contributed by atoms with Crippen LogP contribution in [0.2, 0.25) is 0 Å². The highest BCUT2D eigenvalue weighted by molar-refractivity contribution is 7.80. The van der Waals surface area contributed by atoms with Gasteiger partial charge < -0.3 is 20.4 Å². The van der Waals surface area contributed by atoms with Gasteiger partial charge in [-0.05, 0) is 93.0 Å². The number of carboxylic acids is 1. The number of aliphatic hydroxyl groups is 1. The van der Waals surface area contributed by atoms with Crippen LogP contribution in [0, 0.1) is 28.6 Å². The smallest absolute Gasteiger partial charge is 0.327 e. The van der Waals surface area contributed by atoms with Crippen LogP contribution in [0.1, 0.15) is 72.1 Å². The van der Waals surface area contributed by atoms with Gasteiger partial charge in [0.1, 0.15) is 6.04 Å². The van der Waals surface area contributed by atoms with Crippen molar-refractivity contribution in [3.63, 3.8) is 0 Å². The number of oxime groups is 1. The number of hydrogen-bond donors (Lipinski definition) is 4. The number of carboxylic acid groups (broad SMARTS) is 1. The minimum Gasteiger partial charge on any atom is -0.480 e. The maximum Gasteiger partial charge on any atom is 0.327 e. The fraction of sp³-hybridized carbons (Fsp3) is 0.800. The molecule has 184 valence electrons. The summed E-state index contributed by atoms with van der Waals surface area (Å²) in [6.45, 7) is 6.47. The number of thiol groups is 1. The zero-order valence-corrected chi connectivity index (χ0v) is 20.9. The summed E-state index contributed by atoms with van der Waals surface area (Å²) < 4.78 is 0. The molecule has 0 aromatic carbocycles. The molecule has 0 spiro atoms. The predicted molar refractivity (Wildman–Crippen MR) is 129 cm³/mol. The summed E-state index contributed by atoms with van der Waals surface area (Å²) in [5, 5.41) is 26.6. The highest BCUT2D eigenvalue weighted by Crippen LogP contribution is 2.67. The summed E-state index contributed by atoms with van der Waals surface area (Å²) in [4.78, 5) is 28.2. The predicted octanol–water partition coefficient (Wildman–Crippen LogP) is 3.57. The summed E-state index contributed by atoms with van der Waals surface area (Å²) in [5.74, 6) is 0.292. The number of nitrogens with one attached hydrogen (secondary N) is 1. The van der Waals surface area contributed by atoms with E-state index >= 15 is 0 Å². The highest BCUT2D eigenvalue weighted by Gasteiger charge is 2.62. The molecule has 4 aliphatic carbocycles. The van der Waals surface area contributed by atoms with E-state index in [1.807, 2.05) is 6.92 Å². The van der Waals surface area contributed by atoms with Gasteiger partial charge in [0.05, 0.1) is 11.3 Å². The fourth-order valence-corrected chi connectivity index (χ4v) is 7.73. The number of rotatable bonds is 6. The van der Waals surface area contributed by atoms with Gasteiger partial charge in [0.2, 0.25) is 0 Å². The molecule has 0 radical (unpaired) electrons. The van der Waals surface area contributed by atoms with E-state index in [9.17, 15) is 14.7 Å². The van der Waals surface area contributed by atoms with Gasteiger partial charge in [0, 0.05) is 5.75 Å². The first kappa shape index (κ1) is 24.6. The monoisotopic (exact) mass is 478 g/mol. The molecule has 3 N–H and O–H groups in total. The van der Waals surface area contributed by atoms with Gasteiger partial charge in [-0.3, -0.25) is 4.79 Å². The topological polar surface area (TPSA) is 108 Å². The van der Waals surface area contributed by atoms with E-state index in [-0.39, 0.29) is 23.2 Å². The molecule has 0 unspecified atom stereocenters. The molecule has 33 heavy (non-hydrogen) atoms. The lowest BCUT2D eigenvalue weighted by Gasteiger charge is -2.59. The molecule has 7 atom stereocenters. The van der Waals surface area contributed by atoms with Crippen LogP contribution in [0.4, 0.5) is 0 Å². The second kappa shape index (κ2) is 8.91. The second-order valence-corrected chi connectivity index (χ2v) is 11.6. The zero-order chi connectivity index (χ0) is 24.0. The van der Waals surface area contributed by atoms with Gasteiger partial charge in [-0.1, -0.05) is 24.6 Å². The van der Waals surface area contributed by atoms with Crippen molar-refractivity contribution in [3.8, 4) is 0 Å². The number of nitrogens with zero attached hydrogens (tertiary/aromatic N) is 1. The lowest BCUT2D eigenvalue weighted by molar-refractivity contribution is -0.141. The molecule has 4 aliphatic rings. The van der Waals surface area contributed by atoms with Gasteiger partial charge in [-0.15, -0.1) is 0 Å². The van der Waals surface area contributed by atoms with Crippen molar-refractivity contribution in [2.75, 3.05) is 12.4 Å². The van der Waals surface area contributed by atoms with E-state index in [2.05, 4.69) is 43.0 Å². The van der Waals surface area contributed by atoms with Crippen LogP contribution in [0.15, 0.2) is 16.8 Å². The number of amides is 1. The Hall–Kier alpha value is -1.54. The number of carbonyl (C=O) groups excluding carboxylic acids is 1. The lowest BCUT2D eigenvalue weighted by atomic mass is 9.46. The maximum atomic E-state index is 11.9. The Bertz CT molecular complexity index is 871. The van der Waals surface area contributed by atoms with Crippen molar-refractivity contribution < 1.29 is 24.6 Å². The van der Waals surface area contributed by atoms with E-state index in [4.69, 9.17) is 9.94 Å². The van der Waals surface area contributed by atoms with Crippen molar-refractivity contribution in [2.24, 2.45) is 33.7 Å². The Labute approximate surface area is 201 Å². The summed E-state index contributed by atoms with van der Waals surface area (Å²) >= 11 is 3.94. The van der Waals surface area contributed by atoms with E-state index < -0.39 is 23.5 Å². The molecule has 1 amide bonds. The summed E-state index contributed by atoms with van der Waals surface area (Å²) in [7, 11) is 0. The Morgan fingerprint density at radius 3 is 2.61 bits per heavy atom. The average Bonchev–Trinajstić information content (AvgIpc) is 3.01. The molecule has 3 saturated carbocycles. The van der Waals surface area contributed by atoms with Gasteiger partial charge in [0.15, 0.2) is 6.61 Å². The molecule has 0 saturated heterocycles. The van der Waals surface area contributed by atoms with Crippen LogP contribution in [0.25, 0.3) is 0 Å². The van der Waals surface area contributed by atoms with Crippen LogP contribution >= 0.6 is 12.6 Å². The van der Waals surface area contributed by atoms with Crippen LogP contribution in [-0.2, 0) is 14.4 Å². The number of hydrogen-bond acceptors (Lipinski definition) is 6. The highest BCUT2D eigenvalue weighted by atomic mass is 32.1. The third-order valence-electron chi connectivity index (χ3n) is 9.73. The summed E-state index contributed by atoms with van der Waals surface area (Å²) in [6.07, 6.45) is 10.5. The second-order valence-electron chi connectivity index (χ2n) is 11.3. The van der Waals surface area contributed by atoms with Crippen LogP contribution in [-0.4, -0.2) is 51.8 Å². The van der Waals surface area contributed by atoms with E-state index in [1.165, 1.54) is 18.4 Å². The van der Waals surface area contributed by atoms with Crippen molar-refractivity contribution in [1.82, 2.24) is 5.32 Å². The van der Waals surface area contributed by atoms with Gasteiger partial charge in [-0.2, -0.15) is 12.6 Å². The molecule has 0 heterocycles. The van der Waals surface area contributed by atoms with E-state index in [0.717, 1.165) is 44.2 Å². The summed E-state index contributed by atoms with van der Waals surface area (Å²) in [5.41, 5.74) is 1.94. The number of aliphatic carboxylic acids is 1. The molecule has 0 bridgehead atoms. The van der Waals surface area contributed by atoms with Crippen molar-refractivity contribution >= 4 is 30.2 Å². The van der Waals surface area contributed by atoms with Crippen molar-refractivity contribution in [3.05, 3.63) is 11.6 Å². The van der Waals surface area contributed by atoms with Crippen molar-refractivity contribution in [2.45, 2.75) is 83.8 Å². The molecule has 7 nitrogen and oxygen atoms in total. The summed E-state index contributed by atoms with van der Waals surface area (Å²) in [6, 6.07) is -1.04. The van der Waals surface area contributed by atoms with Crippen LogP contribution in [0.5, 0.6) is 0 Å². The third kappa shape index (κ3) is 4.22. The SMILES string of the molecule is C[C@]12CC/C(=N/OCC(=O)N[C@H](CS)C(=O)O)C=C1CC[C@@H]1[C@@H]2CC[C@@]2(C)[C@H]1CC[C@]2(C)O. The minimum absolute atomic E-state index is 0.0139. The number of carbonyl (C=O) groups is 2. The van der Waals surface area contributed by atoms with E-state index in [0.29, 0.717) is 17.8 Å². The Morgan fingerprint density at radius 2 is 1.91 bits per heavy atom. The molecule has 3 fully saturated rings. The lowest BCUT2D eigenvalue weighted by Crippen LogP contribution is -2.53. The zero-order valence-electron chi connectivity index (χ0n) is 20.0. The van der Waals surface area contributed by atoms with Gasteiger partial charge >= 0.3 is 5.97 Å². The molecular formula is C25H38N2O5S. The molecule has 4 rings (SSSR count). The van der Waals surface area contributed by atoms with Crippen LogP contribution < -0.4 is 5.32 Å². The first-order valence-corrected chi connectivity index (χ1v) is 12.9. The van der Waals surface area contributed by atoms with E-state index in [1.54, 1.807) is 0 Å². The first-order valence-electron chi connectivity index (χ1n) is 12.3. The Balaban J connectivity index is 1.41. The third-order valence-corrected chi connectivity index (χ3v) is 10.1. The molecule has 8 heteroatoms. The first-order chi connectivity index (χ1) is 15.5. The minimum atomic E-state index is -1.12. The Morgan fingerprint density at radius 1 is 1.18 bits per heavy atom. The number of allylic oxidation sites excluding steroid dienone is 2. The standard InChI is InChI=1S/C25H38N2O5S/c1-23-9-6-16(27-32-13-21(28)26-20(14-33)22(29)30)12-15(23)4-5-17-18(23)7-10-24(2)19(17)8-11-25(24,3)31/h12,17-20,31,33H,4-11,13-14H2,1-3H3,(H,26,28)(H,29,30)/b27-16-/t17-,18+,19+,20-,23+,24+,25+/m1/s1. The number of fused-ring (bicyclic) bond motifs is 5. The van der Waals surface area contributed by atoms with Crippen molar-refractivity contribution in [1.29, 1.82) is 0 Å². The average molecular weight is 479 g/mol. The normalized spacial score (nSPS) is 41.9. The van der Waals surface area contributed by atoms with Crippen LogP contribution in [0.3, 0.4) is 0 Å². The maximum absolute atomic E-state index is 11.9. The molecule has 0 aliphatic heterocycles. The Kier molecular flexibility index (Phi) is 6.64. The fourth-order valence-electron chi connectivity index (χ4n) is 7.48. The van der Waals surface area contributed by atoms with Gasteiger partial charge in [-0.25, -0.2) is 4.79 Å². The van der Waals surface area contributed by atoms with Gasteiger partial charge in [0.25, 0.3) is 5.91 Å². The molecular weight excluding hydrogens is 440 g/mol. The molecule has 0 aromatic rings. The quantitative estimate of drug-likeness (QED) is 0.345. The molecule has 0 aromatic heterocycles. The largest absolute Gasteiger partial charge is 0.480 e.